The first-order valence-corrected chi connectivity index (χ1v) is 11.8. The molecule has 4 rings (SSSR count). The van der Waals surface area contributed by atoms with Gasteiger partial charge >= 0.3 is 0 Å². The molecule has 9 nitrogen and oxygen atoms in total. The van der Waals surface area contributed by atoms with Gasteiger partial charge in [-0.2, -0.15) is 0 Å². The molecule has 192 valence electrons. The second-order valence-corrected chi connectivity index (χ2v) is 8.66. The Morgan fingerprint density at radius 2 is 1.81 bits per heavy atom. The molecule has 0 radical (unpaired) electrons. The van der Waals surface area contributed by atoms with E-state index in [4.69, 9.17) is 0 Å². The number of amides is 1. The molecule has 11 heteroatoms. The molecular weight excluding hydrogens is 478 g/mol. The fraction of sp³-hybridized carbons (Fsp3) is 0.269. The van der Waals surface area contributed by atoms with Crippen LogP contribution in [0.5, 0.6) is 0 Å². The molecule has 2 aromatic heterocycles. The largest absolute Gasteiger partial charge is 0.378 e. The lowest BCUT2D eigenvalue weighted by molar-refractivity contribution is 0.0950. The molecule has 0 spiro atoms. The quantitative estimate of drug-likeness (QED) is 0.321. The van der Waals surface area contributed by atoms with Crippen LogP contribution in [0.2, 0.25) is 0 Å². The Hall–Kier alpha value is -4.25. The lowest BCUT2D eigenvalue weighted by atomic mass is 10.1. The molecule has 0 aliphatic carbocycles. The average Bonchev–Trinajstić information content (AvgIpc) is 3.30. The molecule has 37 heavy (non-hydrogen) atoms. The van der Waals surface area contributed by atoms with Gasteiger partial charge < -0.3 is 20.1 Å². The SMILES string of the molecule is CN(C)CCCn1c(CNc2cccc(C(=O)NCc3c(F)cccc3F)c2)nnc1-c1ccncn1. The number of nitrogens with zero attached hydrogens (tertiary/aromatic N) is 6. The first kappa shape index (κ1) is 25.8. The predicted molar refractivity (Wildman–Crippen MR) is 136 cm³/mol. The number of carbonyl (C=O) groups is 1. The van der Waals surface area contributed by atoms with Gasteiger partial charge in [-0.3, -0.25) is 4.79 Å². The highest BCUT2D eigenvalue weighted by molar-refractivity contribution is 5.95. The summed E-state index contributed by atoms with van der Waals surface area (Å²) in [6, 6.07) is 12.2. The molecule has 2 N–H and O–H groups in total. The van der Waals surface area contributed by atoms with Crippen molar-refractivity contribution in [2.24, 2.45) is 0 Å². The maximum atomic E-state index is 13.9. The molecule has 1 amide bonds. The van der Waals surface area contributed by atoms with Crippen molar-refractivity contribution in [3.8, 4) is 11.5 Å². The molecule has 0 atom stereocenters. The van der Waals surface area contributed by atoms with Crippen LogP contribution in [0.4, 0.5) is 14.5 Å². The number of nitrogens with one attached hydrogen (secondary N) is 2. The lowest BCUT2D eigenvalue weighted by Crippen LogP contribution is -2.24. The monoisotopic (exact) mass is 506 g/mol. The van der Waals surface area contributed by atoms with E-state index >= 15 is 0 Å². The average molecular weight is 507 g/mol. The summed E-state index contributed by atoms with van der Waals surface area (Å²) in [6.45, 7) is 1.72. The fourth-order valence-electron chi connectivity index (χ4n) is 3.78. The number of halogens is 2. The zero-order valence-electron chi connectivity index (χ0n) is 20.7. The molecule has 0 saturated carbocycles. The smallest absolute Gasteiger partial charge is 0.251 e. The number of hydrogen-bond acceptors (Lipinski definition) is 7. The third kappa shape index (κ3) is 6.70. The third-order valence-electron chi connectivity index (χ3n) is 5.69. The van der Waals surface area contributed by atoms with Crippen LogP contribution >= 0.6 is 0 Å². The van der Waals surface area contributed by atoms with Crippen LogP contribution in [0.25, 0.3) is 11.5 Å². The number of hydrogen-bond donors (Lipinski definition) is 2. The van der Waals surface area contributed by atoms with Gasteiger partial charge in [0.05, 0.1) is 6.54 Å². The van der Waals surface area contributed by atoms with E-state index in [0.29, 0.717) is 35.9 Å². The molecule has 2 aromatic carbocycles. The summed E-state index contributed by atoms with van der Waals surface area (Å²) in [5, 5.41) is 14.6. The van der Waals surface area contributed by atoms with Crippen LogP contribution in [0, 0.1) is 11.6 Å². The Balaban J connectivity index is 1.45. The van der Waals surface area contributed by atoms with Gasteiger partial charge in [-0.1, -0.05) is 12.1 Å². The molecular formula is C26H28F2N8O. The Morgan fingerprint density at radius 1 is 1.03 bits per heavy atom. The zero-order valence-corrected chi connectivity index (χ0v) is 20.7. The molecule has 0 aliphatic heterocycles. The van der Waals surface area contributed by atoms with E-state index < -0.39 is 17.5 Å². The third-order valence-corrected chi connectivity index (χ3v) is 5.69. The summed E-state index contributed by atoms with van der Waals surface area (Å²) in [6.07, 6.45) is 4.04. The second kappa shape index (κ2) is 12.1. The van der Waals surface area contributed by atoms with Crippen molar-refractivity contribution in [3.05, 3.63) is 89.6 Å². The van der Waals surface area contributed by atoms with Gasteiger partial charge in [0.15, 0.2) is 11.6 Å². The Kier molecular flexibility index (Phi) is 8.47. The molecule has 0 bridgehead atoms. The van der Waals surface area contributed by atoms with E-state index in [-0.39, 0.29) is 12.1 Å². The van der Waals surface area contributed by atoms with Crippen molar-refractivity contribution in [1.29, 1.82) is 0 Å². The maximum Gasteiger partial charge on any atom is 0.251 e. The van der Waals surface area contributed by atoms with Crippen molar-refractivity contribution >= 4 is 11.6 Å². The van der Waals surface area contributed by atoms with Crippen molar-refractivity contribution in [1.82, 2.24) is 34.9 Å². The first-order chi connectivity index (χ1) is 17.9. The summed E-state index contributed by atoms with van der Waals surface area (Å²) in [7, 11) is 4.05. The van der Waals surface area contributed by atoms with E-state index in [9.17, 15) is 13.6 Å². The van der Waals surface area contributed by atoms with Crippen molar-refractivity contribution < 1.29 is 13.6 Å². The lowest BCUT2D eigenvalue weighted by Gasteiger charge is -2.14. The Morgan fingerprint density at radius 3 is 2.54 bits per heavy atom. The van der Waals surface area contributed by atoms with Gasteiger partial charge in [0.25, 0.3) is 5.91 Å². The minimum Gasteiger partial charge on any atom is -0.378 e. The van der Waals surface area contributed by atoms with Gasteiger partial charge in [0, 0.05) is 36.1 Å². The van der Waals surface area contributed by atoms with Gasteiger partial charge in [-0.05, 0) is 63.5 Å². The van der Waals surface area contributed by atoms with Crippen LogP contribution < -0.4 is 10.6 Å². The van der Waals surface area contributed by atoms with Gasteiger partial charge in [0.2, 0.25) is 0 Å². The zero-order chi connectivity index (χ0) is 26.2. The predicted octanol–water partition coefficient (Wildman–Crippen LogP) is 3.51. The van der Waals surface area contributed by atoms with Gasteiger partial charge in [-0.25, -0.2) is 18.7 Å². The summed E-state index contributed by atoms with van der Waals surface area (Å²) in [5.41, 5.74) is 1.55. The highest BCUT2D eigenvalue weighted by Crippen LogP contribution is 2.18. The highest BCUT2D eigenvalue weighted by atomic mass is 19.1. The van der Waals surface area contributed by atoms with Crippen LogP contribution in [-0.2, 0) is 19.6 Å². The van der Waals surface area contributed by atoms with Crippen LogP contribution in [0.1, 0.15) is 28.2 Å². The Bertz CT molecular complexity index is 1320. The molecule has 2 heterocycles. The van der Waals surface area contributed by atoms with Gasteiger partial charge in [-0.15, -0.1) is 10.2 Å². The summed E-state index contributed by atoms with van der Waals surface area (Å²) >= 11 is 0. The van der Waals surface area contributed by atoms with Crippen molar-refractivity contribution in [2.75, 3.05) is 26.0 Å². The first-order valence-electron chi connectivity index (χ1n) is 11.8. The van der Waals surface area contributed by atoms with Crippen LogP contribution in [0.3, 0.4) is 0 Å². The summed E-state index contributed by atoms with van der Waals surface area (Å²) < 4.78 is 29.8. The van der Waals surface area contributed by atoms with Gasteiger partial charge in [0.1, 0.15) is 23.7 Å². The topological polar surface area (TPSA) is 101 Å². The molecule has 0 saturated heterocycles. The number of aromatic nitrogens is 5. The highest BCUT2D eigenvalue weighted by Gasteiger charge is 2.16. The van der Waals surface area contributed by atoms with E-state index in [1.54, 1.807) is 30.5 Å². The molecule has 0 aliphatic rings. The standard InChI is InChI=1S/C26H28F2N8O/c1-35(2)12-5-13-36-24(33-34-25(36)23-10-11-29-17-32-23)16-30-19-7-3-6-18(14-19)26(37)31-15-20-21(27)8-4-9-22(20)28/h3-4,6-11,14,17,30H,5,12-13,15-16H2,1-2H3,(H,31,37). The van der Waals surface area contributed by atoms with Crippen LogP contribution in [0.15, 0.2) is 61.1 Å². The Labute approximate surface area is 213 Å². The van der Waals surface area contributed by atoms with E-state index in [0.717, 1.165) is 30.9 Å². The minimum atomic E-state index is -0.702. The van der Waals surface area contributed by atoms with E-state index in [1.165, 1.54) is 12.4 Å². The summed E-state index contributed by atoms with van der Waals surface area (Å²) in [5.74, 6) is -0.466. The van der Waals surface area contributed by atoms with E-state index in [1.807, 2.05) is 24.7 Å². The maximum absolute atomic E-state index is 13.9. The van der Waals surface area contributed by atoms with Crippen molar-refractivity contribution in [3.63, 3.8) is 0 Å². The number of anilines is 1. The fourth-order valence-corrected chi connectivity index (χ4v) is 3.78. The van der Waals surface area contributed by atoms with E-state index in [2.05, 4.69) is 35.7 Å². The van der Waals surface area contributed by atoms with Crippen molar-refractivity contribution in [2.45, 2.75) is 26.1 Å². The molecule has 0 unspecified atom stereocenters. The number of rotatable bonds is 11. The summed E-state index contributed by atoms with van der Waals surface area (Å²) in [4.78, 5) is 23.0. The normalized spacial score (nSPS) is 11.1. The minimum absolute atomic E-state index is 0.182. The molecule has 0 fully saturated rings. The number of benzene rings is 2. The van der Waals surface area contributed by atoms with Crippen LogP contribution in [-0.4, -0.2) is 56.2 Å². The second-order valence-electron chi connectivity index (χ2n) is 8.66. The number of carbonyl (C=O) groups excluding carboxylic acids is 1. The molecule has 4 aromatic rings.